The Morgan fingerprint density at radius 1 is 1.28 bits per heavy atom. The third-order valence-electron chi connectivity index (χ3n) is 3.67. The third kappa shape index (κ3) is 3.98. The van der Waals surface area contributed by atoms with E-state index in [9.17, 15) is 0 Å². The van der Waals surface area contributed by atoms with Crippen molar-refractivity contribution in [2.24, 2.45) is 0 Å². The molecule has 0 saturated carbocycles. The minimum Gasteiger partial charge on any atom is -0.314 e. The zero-order chi connectivity index (χ0) is 12.3. The molecule has 1 aliphatic rings. The van der Waals surface area contributed by atoms with Crippen molar-refractivity contribution in [3.63, 3.8) is 0 Å². The minimum atomic E-state index is 0. The van der Waals surface area contributed by atoms with E-state index in [-0.39, 0.29) is 12.4 Å². The summed E-state index contributed by atoms with van der Waals surface area (Å²) in [6, 6.07) is 9.75. The van der Waals surface area contributed by atoms with Gasteiger partial charge in [0.2, 0.25) is 0 Å². The second kappa shape index (κ2) is 7.13. The van der Waals surface area contributed by atoms with Crippen molar-refractivity contribution in [2.45, 2.75) is 39.3 Å². The summed E-state index contributed by atoms with van der Waals surface area (Å²) >= 11 is 0. The monoisotopic (exact) mass is 268 g/mol. The molecular formula is C15H25ClN2. The summed E-state index contributed by atoms with van der Waals surface area (Å²) in [6.07, 6.45) is 0. The summed E-state index contributed by atoms with van der Waals surface area (Å²) < 4.78 is 0. The van der Waals surface area contributed by atoms with E-state index in [0.717, 1.165) is 26.2 Å². The van der Waals surface area contributed by atoms with Crippen molar-refractivity contribution in [3.8, 4) is 0 Å². The summed E-state index contributed by atoms with van der Waals surface area (Å²) in [5.41, 5.74) is 2.87. The average molecular weight is 269 g/mol. The van der Waals surface area contributed by atoms with Gasteiger partial charge in [-0.3, -0.25) is 4.90 Å². The molecule has 2 rings (SSSR count). The lowest BCUT2D eigenvalue weighted by molar-refractivity contribution is 0.165. The molecular weight excluding hydrogens is 244 g/mol. The van der Waals surface area contributed by atoms with Crippen LogP contribution >= 0.6 is 12.4 Å². The van der Waals surface area contributed by atoms with Gasteiger partial charge in [-0.15, -0.1) is 12.4 Å². The molecule has 18 heavy (non-hydrogen) atoms. The van der Waals surface area contributed by atoms with E-state index in [1.165, 1.54) is 11.1 Å². The fourth-order valence-corrected chi connectivity index (χ4v) is 2.36. The van der Waals surface area contributed by atoms with Crippen molar-refractivity contribution < 1.29 is 0 Å². The largest absolute Gasteiger partial charge is 0.314 e. The quantitative estimate of drug-likeness (QED) is 0.907. The van der Waals surface area contributed by atoms with E-state index in [0.29, 0.717) is 12.0 Å². The summed E-state index contributed by atoms with van der Waals surface area (Å²) in [5, 5.41) is 3.43. The molecule has 1 aromatic rings. The highest BCUT2D eigenvalue weighted by Crippen LogP contribution is 2.16. The molecule has 0 unspecified atom stereocenters. The third-order valence-corrected chi connectivity index (χ3v) is 3.67. The standard InChI is InChI=1S/C15H24N2.ClH/c1-12(2)15-6-4-14(5-7-15)11-17-9-8-16-10-13(17)3;/h4-7,12-13,16H,8-11H2,1-3H3;1H/t13-;/m1./s1. The van der Waals surface area contributed by atoms with Gasteiger partial charge in [-0.05, 0) is 24.0 Å². The normalized spacial score (nSPS) is 20.8. The topological polar surface area (TPSA) is 15.3 Å². The van der Waals surface area contributed by atoms with Gasteiger partial charge >= 0.3 is 0 Å². The Labute approximate surface area is 117 Å². The van der Waals surface area contributed by atoms with Crippen molar-refractivity contribution in [3.05, 3.63) is 35.4 Å². The highest BCUT2D eigenvalue weighted by atomic mass is 35.5. The zero-order valence-electron chi connectivity index (χ0n) is 11.6. The van der Waals surface area contributed by atoms with Crippen molar-refractivity contribution in [1.82, 2.24) is 10.2 Å². The van der Waals surface area contributed by atoms with Crippen LogP contribution in [0.5, 0.6) is 0 Å². The zero-order valence-corrected chi connectivity index (χ0v) is 12.5. The Balaban J connectivity index is 0.00000162. The molecule has 0 amide bonds. The maximum atomic E-state index is 3.43. The first kappa shape index (κ1) is 15.5. The molecule has 1 atom stereocenters. The number of halogens is 1. The molecule has 102 valence electrons. The van der Waals surface area contributed by atoms with Gasteiger partial charge in [0, 0.05) is 32.2 Å². The Hall–Kier alpha value is -0.570. The van der Waals surface area contributed by atoms with Crippen LogP contribution in [-0.2, 0) is 6.54 Å². The maximum Gasteiger partial charge on any atom is 0.0237 e. The molecule has 0 spiro atoms. The van der Waals surface area contributed by atoms with Crippen molar-refractivity contribution in [1.29, 1.82) is 0 Å². The van der Waals surface area contributed by atoms with Gasteiger partial charge in [0.15, 0.2) is 0 Å². The first-order chi connectivity index (χ1) is 8.16. The van der Waals surface area contributed by atoms with Crippen molar-refractivity contribution >= 4 is 12.4 Å². The van der Waals surface area contributed by atoms with Crippen LogP contribution in [0.2, 0.25) is 0 Å². The van der Waals surface area contributed by atoms with Crippen LogP contribution in [0.3, 0.4) is 0 Å². The molecule has 0 aliphatic carbocycles. The number of nitrogens with zero attached hydrogens (tertiary/aromatic N) is 1. The van der Waals surface area contributed by atoms with Gasteiger partial charge < -0.3 is 5.32 Å². The molecule has 1 aromatic carbocycles. The molecule has 1 fully saturated rings. The van der Waals surface area contributed by atoms with Gasteiger partial charge in [0.1, 0.15) is 0 Å². The smallest absolute Gasteiger partial charge is 0.0237 e. The lowest BCUT2D eigenvalue weighted by atomic mass is 10.0. The Morgan fingerprint density at radius 3 is 2.50 bits per heavy atom. The van der Waals surface area contributed by atoms with E-state index in [2.05, 4.69) is 55.3 Å². The van der Waals surface area contributed by atoms with Crippen LogP contribution in [-0.4, -0.2) is 30.6 Å². The first-order valence-electron chi connectivity index (χ1n) is 6.70. The predicted molar refractivity (Wildman–Crippen MR) is 80.5 cm³/mol. The highest BCUT2D eigenvalue weighted by molar-refractivity contribution is 5.85. The van der Waals surface area contributed by atoms with Crippen LogP contribution in [0.4, 0.5) is 0 Å². The van der Waals surface area contributed by atoms with Crippen LogP contribution in [0.1, 0.15) is 37.8 Å². The Morgan fingerprint density at radius 2 is 1.94 bits per heavy atom. The molecule has 0 aromatic heterocycles. The van der Waals surface area contributed by atoms with E-state index >= 15 is 0 Å². The number of hydrogen-bond donors (Lipinski definition) is 1. The van der Waals surface area contributed by atoms with Crippen LogP contribution in [0, 0.1) is 0 Å². The molecule has 3 heteroatoms. The van der Waals surface area contributed by atoms with Gasteiger partial charge in [-0.25, -0.2) is 0 Å². The van der Waals surface area contributed by atoms with Crippen LogP contribution in [0.15, 0.2) is 24.3 Å². The molecule has 1 aliphatic heterocycles. The average Bonchev–Trinajstić information content (AvgIpc) is 2.33. The van der Waals surface area contributed by atoms with Gasteiger partial charge in [0.25, 0.3) is 0 Å². The Kier molecular flexibility index (Phi) is 6.13. The fourth-order valence-electron chi connectivity index (χ4n) is 2.36. The van der Waals surface area contributed by atoms with Gasteiger partial charge in [-0.2, -0.15) is 0 Å². The van der Waals surface area contributed by atoms with Crippen LogP contribution in [0.25, 0.3) is 0 Å². The predicted octanol–water partition coefficient (Wildman–Crippen LogP) is 3.03. The SMILES string of the molecule is CC(C)c1ccc(CN2CCNC[C@H]2C)cc1.Cl. The van der Waals surface area contributed by atoms with E-state index in [4.69, 9.17) is 0 Å². The molecule has 1 N–H and O–H groups in total. The first-order valence-corrected chi connectivity index (χ1v) is 6.70. The Bertz CT molecular complexity index is 348. The summed E-state index contributed by atoms with van der Waals surface area (Å²) in [5.74, 6) is 0.627. The number of piperazine rings is 1. The molecule has 1 heterocycles. The molecule has 2 nitrogen and oxygen atoms in total. The highest BCUT2D eigenvalue weighted by Gasteiger charge is 2.17. The second-order valence-corrected chi connectivity index (χ2v) is 5.42. The molecule has 0 bridgehead atoms. The lowest BCUT2D eigenvalue weighted by Crippen LogP contribution is -2.49. The van der Waals surface area contributed by atoms with E-state index < -0.39 is 0 Å². The summed E-state index contributed by atoms with van der Waals surface area (Å²) in [7, 11) is 0. The van der Waals surface area contributed by atoms with E-state index in [1.54, 1.807) is 0 Å². The number of benzene rings is 1. The van der Waals surface area contributed by atoms with E-state index in [1.807, 2.05) is 0 Å². The van der Waals surface area contributed by atoms with Crippen molar-refractivity contribution in [2.75, 3.05) is 19.6 Å². The fraction of sp³-hybridized carbons (Fsp3) is 0.600. The van der Waals surface area contributed by atoms with Crippen LogP contribution < -0.4 is 5.32 Å². The summed E-state index contributed by atoms with van der Waals surface area (Å²) in [6.45, 7) is 11.3. The second-order valence-electron chi connectivity index (χ2n) is 5.42. The number of hydrogen-bond acceptors (Lipinski definition) is 2. The number of rotatable bonds is 3. The number of nitrogens with one attached hydrogen (secondary N) is 1. The summed E-state index contributed by atoms with van der Waals surface area (Å²) in [4.78, 5) is 2.56. The minimum absolute atomic E-state index is 0. The lowest BCUT2D eigenvalue weighted by Gasteiger charge is -2.33. The van der Waals surface area contributed by atoms with Gasteiger partial charge in [0.05, 0.1) is 0 Å². The maximum absolute atomic E-state index is 3.43. The van der Waals surface area contributed by atoms with Gasteiger partial charge in [-0.1, -0.05) is 38.1 Å². The molecule has 0 radical (unpaired) electrons. The molecule has 1 saturated heterocycles.